The number of fused-ring (bicyclic) bond motifs is 5. The molecule has 0 atom stereocenters. The third kappa shape index (κ3) is 1.33. The number of nitrogens with zero attached hydrogens (tertiary/aromatic N) is 2. The van der Waals surface area contributed by atoms with Crippen molar-refractivity contribution in [2.24, 2.45) is 0 Å². The SMILES string of the molecule is Clc1ccc2c(c1)nc1n2CCc2ccccc2-1. The lowest BCUT2D eigenvalue weighted by atomic mass is 10.0. The van der Waals surface area contributed by atoms with Gasteiger partial charge in [0.2, 0.25) is 0 Å². The minimum Gasteiger partial charge on any atom is -0.324 e. The van der Waals surface area contributed by atoms with Gasteiger partial charge in [-0.05, 0) is 30.2 Å². The van der Waals surface area contributed by atoms with Gasteiger partial charge in [-0.15, -0.1) is 0 Å². The molecule has 0 bridgehead atoms. The molecule has 3 aromatic rings. The molecular weight excluding hydrogens is 244 g/mol. The van der Waals surface area contributed by atoms with E-state index in [1.165, 1.54) is 16.6 Å². The van der Waals surface area contributed by atoms with Crippen molar-refractivity contribution in [1.82, 2.24) is 9.55 Å². The van der Waals surface area contributed by atoms with E-state index < -0.39 is 0 Å². The van der Waals surface area contributed by atoms with E-state index in [0.717, 1.165) is 29.3 Å². The molecule has 1 aromatic heterocycles. The number of hydrogen-bond donors (Lipinski definition) is 0. The molecule has 0 fully saturated rings. The van der Waals surface area contributed by atoms with Gasteiger partial charge in [-0.2, -0.15) is 0 Å². The molecule has 0 aliphatic carbocycles. The van der Waals surface area contributed by atoms with Crippen LogP contribution < -0.4 is 0 Å². The maximum Gasteiger partial charge on any atom is 0.141 e. The van der Waals surface area contributed by atoms with Gasteiger partial charge < -0.3 is 4.57 Å². The summed E-state index contributed by atoms with van der Waals surface area (Å²) >= 11 is 6.03. The zero-order valence-electron chi connectivity index (χ0n) is 9.73. The number of aryl methyl sites for hydroxylation is 2. The third-order valence-corrected chi connectivity index (χ3v) is 3.81. The van der Waals surface area contributed by atoms with E-state index in [0.29, 0.717) is 0 Å². The zero-order chi connectivity index (χ0) is 12.1. The molecule has 2 aromatic carbocycles. The Morgan fingerprint density at radius 1 is 1.11 bits per heavy atom. The van der Waals surface area contributed by atoms with Gasteiger partial charge in [-0.25, -0.2) is 4.98 Å². The second kappa shape index (κ2) is 3.59. The number of hydrogen-bond acceptors (Lipinski definition) is 1. The Balaban J connectivity index is 2.08. The quantitative estimate of drug-likeness (QED) is 0.595. The highest BCUT2D eigenvalue weighted by Crippen LogP contribution is 2.32. The molecule has 4 rings (SSSR count). The normalized spacial score (nSPS) is 13.4. The van der Waals surface area contributed by atoms with Gasteiger partial charge in [-0.3, -0.25) is 0 Å². The fraction of sp³-hybridized carbons (Fsp3) is 0.133. The Kier molecular flexibility index (Phi) is 2.03. The molecule has 0 spiro atoms. The molecule has 18 heavy (non-hydrogen) atoms. The van der Waals surface area contributed by atoms with Crippen molar-refractivity contribution in [3.05, 3.63) is 53.1 Å². The summed E-state index contributed by atoms with van der Waals surface area (Å²) in [5, 5.41) is 0.742. The van der Waals surface area contributed by atoms with Gasteiger partial charge in [-0.1, -0.05) is 35.9 Å². The van der Waals surface area contributed by atoms with E-state index in [4.69, 9.17) is 16.6 Å². The topological polar surface area (TPSA) is 17.8 Å². The number of imidazole rings is 1. The summed E-state index contributed by atoms with van der Waals surface area (Å²) in [6.07, 6.45) is 1.07. The van der Waals surface area contributed by atoms with Crippen molar-refractivity contribution >= 4 is 22.6 Å². The predicted octanol–water partition coefficient (Wildman–Crippen LogP) is 3.91. The molecule has 3 heteroatoms. The van der Waals surface area contributed by atoms with Gasteiger partial charge >= 0.3 is 0 Å². The number of benzene rings is 2. The van der Waals surface area contributed by atoms with Crippen LogP contribution >= 0.6 is 11.6 Å². The minimum atomic E-state index is 0.742. The van der Waals surface area contributed by atoms with Crippen LogP contribution in [0.15, 0.2) is 42.5 Å². The van der Waals surface area contributed by atoms with E-state index >= 15 is 0 Å². The van der Waals surface area contributed by atoms with Crippen molar-refractivity contribution in [2.45, 2.75) is 13.0 Å². The van der Waals surface area contributed by atoms with Crippen molar-refractivity contribution in [1.29, 1.82) is 0 Å². The van der Waals surface area contributed by atoms with Crippen LogP contribution in [0.3, 0.4) is 0 Å². The molecule has 0 saturated carbocycles. The van der Waals surface area contributed by atoms with Crippen molar-refractivity contribution < 1.29 is 0 Å². The van der Waals surface area contributed by atoms with Gasteiger partial charge in [0.05, 0.1) is 11.0 Å². The van der Waals surface area contributed by atoms with Crippen LogP contribution in [-0.4, -0.2) is 9.55 Å². The second-order valence-corrected chi connectivity index (χ2v) is 5.06. The molecule has 88 valence electrons. The summed E-state index contributed by atoms with van der Waals surface area (Å²) in [5.74, 6) is 1.06. The Labute approximate surface area is 110 Å². The van der Waals surface area contributed by atoms with E-state index in [1.807, 2.05) is 12.1 Å². The fourth-order valence-corrected chi connectivity index (χ4v) is 2.89. The summed E-state index contributed by atoms with van der Waals surface area (Å²) in [7, 11) is 0. The van der Waals surface area contributed by atoms with Crippen LogP contribution in [0.5, 0.6) is 0 Å². The molecule has 1 aliphatic heterocycles. The molecule has 0 amide bonds. The number of aromatic nitrogens is 2. The summed E-state index contributed by atoms with van der Waals surface area (Å²) in [5.41, 5.74) is 4.78. The first-order valence-electron chi connectivity index (χ1n) is 6.07. The Hall–Kier alpha value is -1.80. The molecule has 0 unspecified atom stereocenters. The van der Waals surface area contributed by atoms with Gasteiger partial charge in [0.25, 0.3) is 0 Å². The molecule has 2 heterocycles. The maximum atomic E-state index is 6.03. The zero-order valence-corrected chi connectivity index (χ0v) is 10.5. The first kappa shape index (κ1) is 10.2. The highest BCUT2D eigenvalue weighted by atomic mass is 35.5. The monoisotopic (exact) mass is 254 g/mol. The molecule has 2 nitrogen and oxygen atoms in total. The van der Waals surface area contributed by atoms with Gasteiger partial charge in [0.15, 0.2) is 0 Å². The Bertz CT molecular complexity index is 758. The average Bonchev–Trinajstić information content (AvgIpc) is 2.76. The second-order valence-electron chi connectivity index (χ2n) is 4.63. The summed E-state index contributed by atoms with van der Waals surface area (Å²) in [6.45, 7) is 0.991. The van der Waals surface area contributed by atoms with E-state index in [2.05, 4.69) is 34.9 Å². The smallest absolute Gasteiger partial charge is 0.141 e. The Morgan fingerprint density at radius 3 is 2.94 bits per heavy atom. The lowest BCUT2D eigenvalue weighted by molar-refractivity contribution is 0.702. The largest absolute Gasteiger partial charge is 0.324 e. The summed E-state index contributed by atoms with van der Waals surface area (Å²) in [6, 6.07) is 14.4. The summed E-state index contributed by atoms with van der Waals surface area (Å²) < 4.78 is 2.29. The molecule has 1 aliphatic rings. The van der Waals surface area contributed by atoms with Gasteiger partial charge in [0, 0.05) is 17.1 Å². The van der Waals surface area contributed by atoms with Crippen LogP contribution in [0.25, 0.3) is 22.4 Å². The predicted molar refractivity (Wildman–Crippen MR) is 73.9 cm³/mol. The average molecular weight is 255 g/mol. The Morgan fingerprint density at radius 2 is 2.00 bits per heavy atom. The maximum absolute atomic E-state index is 6.03. The van der Waals surface area contributed by atoms with Crippen LogP contribution in [-0.2, 0) is 13.0 Å². The minimum absolute atomic E-state index is 0.742. The van der Waals surface area contributed by atoms with Crippen molar-refractivity contribution in [3.63, 3.8) is 0 Å². The molecular formula is C15H11ClN2. The van der Waals surface area contributed by atoms with E-state index in [9.17, 15) is 0 Å². The third-order valence-electron chi connectivity index (χ3n) is 3.57. The van der Waals surface area contributed by atoms with Crippen LogP contribution in [0.4, 0.5) is 0 Å². The standard InChI is InChI=1S/C15H11ClN2/c16-11-5-6-14-13(9-11)17-15-12-4-2-1-3-10(12)7-8-18(14)15/h1-6,9H,7-8H2. The van der Waals surface area contributed by atoms with Gasteiger partial charge in [0.1, 0.15) is 5.82 Å². The van der Waals surface area contributed by atoms with Crippen LogP contribution in [0.2, 0.25) is 5.02 Å². The van der Waals surface area contributed by atoms with Crippen molar-refractivity contribution in [2.75, 3.05) is 0 Å². The molecule has 0 radical (unpaired) electrons. The van der Waals surface area contributed by atoms with Crippen molar-refractivity contribution in [3.8, 4) is 11.4 Å². The van der Waals surface area contributed by atoms with Crippen LogP contribution in [0.1, 0.15) is 5.56 Å². The summed E-state index contributed by atoms with van der Waals surface area (Å²) in [4.78, 5) is 4.73. The first-order chi connectivity index (χ1) is 8.83. The highest BCUT2D eigenvalue weighted by Gasteiger charge is 2.19. The van der Waals surface area contributed by atoms with E-state index in [1.54, 1.807) is 0 Å². The first-order valence-corrected chi connectivity index (χ1v) is 6.45. The molecule has 0 N–H and O–H groups in total. The molecule has 0 saturated heterocycles. The highest BCUT2D eigenvalue weighted by molar-refractivity contribution is 6.31. The fourth-order valence-electron chi connectivity index (χ4n) is 2.72. The lowest BCUT2D eigenvalue weighted by Crippen LogP contribution is -2.10. The number of rotatable bonds is 0. The van der Waals surface area contributed by atoms with E-state index in [-0.39, 0.29) is 0 Å². The number of halogens is 1. The lowest BCUT2D eigenvalue weighted by Gasteiger charge is -2.18. The van der Waals surface area contributed by atoms with Crippen LogP contribution in [0, 0.1) is 0 Å².